The van der Waals surface area contributed by atoms with Crippen molar-refractivity contribution in [3.63, 3.8) is 0 Å². The number of hydrogen-bond acceptors (Lipinski definition) is 2. The van der Waals surface area contributed by atoms with Crippen LogP contribution in [0.3, 0.4) is 0 Å². The first-order valence-corrected chi connectivity index (χ1v) is 11.7. The molecular weight excluding hydrogens is 320 g/mol. The van der Waals surface area contributed by atoms with Crippen LogP contribution in [0.25, 0.3) is 0 Å². The van der Waals surface area contributed by atoms with Gasteiger partial charge in [0.1, 0.15) is 0 Å². The number of likely N-dealkylation sites (tertiary alicyclic amines) is 1. The molecule has 3 nitrogen and oxygen atoms in total. The van der Waals surface area contributed by atoms with Crippen LogP contribution >= 0.6 is 0 Å². The molecule has 0 aromatic rings. The molecule has 1 fully saturated rings. The summed E-state index contributed by atoms with van der Waals surface area (Å²) in [4.78, 5) is 14.6. The highest BCUT2D eigenvalue weighted by Gasteiger charge is 2.22. The highest BCUT2D eigenvalue weighted by molar-refractivity contribution is 5.76. The maximum Gasteiger partial charge on any atom is 0.220 e. The van der Waals surface area contributed by atoms with Crippen LogP contribution in [0.4, 0.5) is 0 Å². The van der Waals surface area contributed by atoms with Gasteiger partial charge in [-0.05, 0) is 39.7 Å². The molecule has 0 saturated carbocycles. The fraction of sp³-hybridized carbons (Fsp3) is 0.957. The minimum Gasteiger partial charge on any atom is -0.352 e. The van der Waals surface area contributed by atoms with Gasteiger partial charge in [0, 0.05) is 25.0 Å². The summed E-state index contributed by atoms with van der Waals surface area (Å²) in [6, 6.07) is 0.960. The molecular formula is C23H46N2O. The molecule has 0 bridgehead atoms. The largest absolute Gasteiger partial charge is 0.352 e. The Morgan fingerprint density at radius 3 is 2.00 bits per heavy atom. The zero-order valence-corrected chi connectivity index (χ0v) is 18.0. The Morgan fingerprint density at radius 1 is 0.923 bits per heavy atom. The molecule has 1 unspecified atom stereocenters. The second kappa shape index (κ2) is 15.5. The number of amides is 1. The number of piperidine rings is 1. The molecule has 0 aliphatic carbocycles. The number of unbranched alkanes of at least 4 members (excludes halogenated alkanes) is 11. The summed E-state index contributed by atoms with van der Waals surface area (Å²) >= 11 is 0. The monoisotopic (exact) mass is 366 g/mol. The summed E-state index contributed by atoms with van der Waals surface area (Å²) < 4.78 is 0. The van der Waals surface area contributed by atoms with E-state index < -0.39 is 0 Å². The Bertz CT molecular complexity index is 343. The van der Waals surface area contributed by atoms with Gasteiger partial charge in [-0.15, -0.1) is 0 Å². The molecule has 26 heavy (non-hydrogen) atoms. The third kappa shape index (κ3) is 11.9. The van der Waals surface area contributed by atoms with Crippen molar-refractivity contribution in [1.82, 2.24) is 10.2 Å². The van der Waals surface area contributed by atoms with Crippen molar-refractivity contribution in [3.8, 4) is 0 Å². The summed E-state index contributed by atoms with van der Waals surface area (Å²) in [5, 5.41) is 3.26. The summed E-state index contributed by atoms with van der Waals surface area (Å²) in [6.45, 7) is 8.98. The molecule has 1 saturated heterocycles. The molecule has 1 amide bonds. The molecule has 1 atom stereocenters. The van der Waals surface area contributed by atoms with E-state index in [9.17, 15) is 4.79 Å². The van der Waals surface area contributed by atoms with Gasteiger partial charge >= 0.3 is 0 Å². The Hall–Kier alpha value is -0.570. The fourth-order valence-electron chi connectivity index (χ4n) is 4.02. The maximum atomic E-state index is 12.1. The average Bonchev–Trinajstić information content (AvgIpc) is 2.63. The van der Waals surface area contributed by atoms with Gasteiger partial charge in [-0.25, -0.2) is 0 Å². The van der Waals surface area contributed by atoms with E-state index in [1.807, 2.05) is 0 Å². The van der Waals surface area contributed by atoms with Crippen LogP contribution in [0.2, 0.25) is 0 Å². The first-order valence-electron chi connectivity index (χ1n) is 11.7. The van der Waals surface area contributed by atoms with Gasteiger partial charge in [-0.3, -0.25) is 9.69 Å². The second-order valence-corrected chi connectivity index (χ2v) is 8.63. The number of carbonyl (C=O) groups excluding carboxylic acids is 1. The topological polar surface area (TPSA) is 32.3 Å². The maximum absolute atomic E-state index is 12.1. The lowest BCUT2D eigenvalue weighted by Gasteiger charge is -2.35. The van der Waals surface area contributed by atoms with E-state index in [2.05, 4.69) is 31.0 Å². The number of hydrogen-bond donors (Lipinski definition) is 1. The second-order valence-electron chi connectivity index (χ2n) is 8.63. The molecule has 0 spiro atoms. The normalized spacial score (nSPS) is 18.4. The number of nitrogens with one attached hydrogen (secondary N) is 1. The lowest BCUT2D eigenvalue weighted by atomic mass is 10.0. The van der Waals surface area contributed by atoms with Crippen LogP contribution < -0.4 is 5.32 Å². The smallest absolute Gasteiger partial charge is 0.220 e. The van der Waals surface area contributed by atoms with Gasteiger partial charge in [0.05, 0.1) is 0 Å². The van der Waals surface area contributed by atoms with Crippen molar-refractivity contribution in [2.75, 3.05) is 13.1 Å². The molecule has 1 N–H and O–H groups in total. The molecule has 1 rings (SSSR count). The summed E-state index contributed by atoms with van der Waals surface area (Å²) in [6.07, 6.45) is 19.2. The lowest BCUT2D eigenvalue weighted by Crippen LogP contribution is -2.49. The van der Waals surface area contributed by atoms with Crippen LogP contribution in [0, 0.1) is 0 Å². The van der Waals surface area contributed by atoms with Crippen LogP contribution in [0.15, 0.2) is 0 Å². The van der Waals surface area contributed by atoms with Crippen LogP contribution in [0.5, 0.6) is 0 Å². The zero-order valence-electron chi connectivity index (χ0n) is 18.0. The van der Waals surface area contributed by atoms with Crippen molar-refractivity contribution in [2.24, 2.45) is 0 Å². The van der Waals surface area contributed by atoms with E-state index in [1.54, 1.807) is 0 Å². The van der Waals surface area contributed by atoms with Gasteiger partial charge in [-0.1, -0.05) is 77.6 Å². The average molecular weight is 367 g/mol. The molecule has 154 valence electrons. The quantitative estimate of drug-likeness (QED) is 0.357. The fourth-order valence-corrected chi connectivity index (χ4v) is 4.02. The predicted molar refractivity (Wildman–Crippen MR) is 114 cm³/mol. The van der Waals surface area contributed by atoms with Gasteiger partial charge < -0.3 is 5.32 Å². The first kappa shape index (κ1) is 23.5. The molecule has 3 heteroatoms. The number of carbonyl (C=O) groups is 1. The van der Waals surface area contributed by atoms with E-state index in [0.29, 0.717) is 12.1 Å². The van der Waals surface area contributed by atoms with Crippen LogP contribution in [0.1, 0.15) is 117 Å². The minimum absolute atomic E-state index is 0.271. The van der Waals surface area contributed by atoms with Crippen LogP contribution in [-0.2, 0) is 4.79 Å². The van der Waals surface area contributed by atoms with Gasteiger partial charge in [0.15, 0.2) is 0 Å². The highest BCUT2D eigenvalue weighted by Crippen LogP contribution is 2.14. The summed E-state index contributed by atoms with van der Waals surface area (Å²) in [5.41, 5.74) is 0. The predicted octanol–water partition coefficient (Wildman–Crippen LogP) is 6.07. The van der Waals surface area contributed by atoms with Gasteiger partial charge in [-0.2, -0.15) is 0 Å². The minimum atomic E-state index is 0.271. The van der Waals surface area contributed by atoms with E-state index in [0.717, 1.165) is 25.8 Å². The third-order valence-corrected chi connectivity index (χ3v) is 5.81. The van der Waals surface area contributed by atoms with E-state index >= 15 is 0 Å². The lowest BCUT2D eigenvalue weighted by molar-refractivity contribution is -0.122. The molecule has 1 aliphatic heterocycles. The molecule has 0 aromatic heterocycles. The highest BCUT2D eigenvalue weighted by atomic mass is 16.1. The Labute approximate surface area is 163 Å². The van der Waals surface area contributed by atoms with E-state index in [-0.39, 0.29) is 5.91 Å². The number of nitrogens with zero attached hydrogens (tertiary/aromatic N) is 1. The third-order valence-electron chi connectivity index (χ3n) is 5.81. The van der Waals surface area contributed by atoms with Crippen molar-refractivity contribution in [2.45, 2.75) is 129 Å². The Kier molecular flexibility index (Phi) is 14.0. The molecule has 1 aliphatic rings. The Balaban J connectivity index is 1.89. The van der Waals surface area contributed by atoms with Crippen LogP contribution in [-0.4, -0.2) is 36.0 Å². The first-order chi connectivity index (χ1) is 12.6. The standard InChI is InChI=1S/C23H46N2O/c1-4-5-6-7-8-9-10-11-12-13-14-15-18-23(26)24-22-17-16-19-25(20-22)21(2)3/h21-22H,4-20H2,1-3H3,(H,24,26). The number of rotatable bonds is 15. The van der Waals surface area contributed by atoms with Crippen molar-refractivity contribution in [1.29, 1.82) is 0 Å². The van der Waals surface area contributed by atoms with Gasteiger partial charge in [0.2, 0.25) is 5.91 Å². The van der Waals surface area contributed by atoms with Crippen molar-refractivity contribution >= 4 is 5.91 Å². The summed E-state index contributed by atoms with van der Waals surface area (Å²) in [5.74, 6) is 0.271. The molecule has 0 aromatic carbocycles. The van der Waals surface area contributed by atoms with Crippen molar-refractivity contribution in [3.05, 3.63) is 0 Å². The van der Waals surface area contributed by atoms with E-state index in [1.165, 1.54) is 83.6 Å². The summed E-state index contributed by atoms with van der Waals surface area (Å²) in [7, 11) is 0. The Morgan fingerprint density at radius 2 is 1.46 bits per heavy atom. The zero-order chi connectivity index (χ0) is 19.0. The SMILES string of the molecule is CCCCCCCCCCCCCCC(=O)NC1CCCN(C(C)C)C1. The molecule has 0 radical (unpaired) electrons. The van der Waals surface area contributed by atoms with Crippen molar-refractivity contribution < 1.29 is 4.79 Å². The van der Waals surface area contributed by atoms with Gasteiger partial charge in [0.25, 0.3) is 0 Å². The molecule has 1 heterocycles. The van der Waals surface area contributed by atoms with E-state index in [4.69, 9.17) is 0 Å².